The number of guanidine groups is 1. The van der Waals surface area contributed by atoms with Crippen LogP contribution >= 0.6 is 24.0 Å². The van der Waals surface area contributed by atoms with Crippen molar-refractivity contribution in [3.63, 3.8) is 0 Å². The van der Waals surface area contributed by atoms with E-state index in [9.17, 15) is 0 Å². The van der Waals surface area contributed by atoms with E-state index in [-0.39, 0.29) is 29.4 Å². The minimum atomic E-state index is 0. The zero-order valence-electron chi connectivity index (χ0n) is 18.9. The first-order chi connectivity index (χ1) is 13.5. The van der Waals surface area contributed by atoms with Gasteiger partial charge in [0, 0.05) is 50.3 Å². The fraction of sp³-hybridized carbons (Fsp3) is 0.696. The lowest BCUT2D eigenvalue weighted by Crippen LogP contribution is -2.46. The molecular formula is C23H41IN4O. The summed E-state index contributed by atoms with van der Waals surface area (Å²) in [7, 11) is 0. The molecule has 0 bridgehead atoms. The molecule has 0 saturated carbocycles. The third kappa shape index (κ3) is 8.06. The number of rotatable bonds is 9. The molecule has 1 aliphatic heterocycles. The molecular weight excluding hydrogens is 475 g/mol. The second kappa shape index (κ2) is 13.4. The molecule has 1 saturated heterocycles. The van der Waals surface area contributed by atoms with Crippen LogP contribution in [0.25, 0.3) is 0 Å². The van der Waals surface area contributed by atoms with Crippen LogP contribution in [0.2, 0.25) is 0 Å². The summed E-state index contributed by atoms with van der Waals surface area (Å²) < 4.78 is 5.65. The first kappa shape index (κ1) is 26.2. The first-order valence-corrected chi connectivity index (χ1v) is 10.9. The maximum absolute atomic E-state index is 5.65. The zero-order chi connectivity index (χ0) is 20.4. The van der Waals surface area contributed by atoms with E-state index < -0.39 is 0 Å². The van der Waals surface area contributed by atoms with Gasteiger partial charge in [-0.15, -0.1) is 24.0 Å². The Kier molecular flexibility index (Phi) is 12.1. The van der Waals surface area contributed by atoms with Crippen LogP contribution in [-0.2, 0) is 10.2 Å². The van der Waals surface area contributed by atoms with E-state index in [1.54, 1.807) is 0 Å². The topological polar surface area (TPSA) is 48.9 Å². The molecule has 0 amide bonds. The molecule has 166 valence electrons. The van der Waals surface area contributed by atoms with Gasteiger partial charge in [0.05, 0.1) is 6.54 Å². The Labute approximate surface area is 195 Å². The van der Waals surface area contributed by atoms with Gasteiger partial charge >= 0.3 is 0 Å². The van der Waals surface area contributed by atoms with Crippen LogP contribution in [0.5, 0.6) is 0 Å². The summed E-state index contributed by atoms with van der Waals surface area (Å²) in [6.07, 6.45) is 2.04. The van der Waals surface area contributed by atoms with Crippen LogP contribution in [-0.4, -0.2) is 62.3 Å². The van der Waals surface area contributed by atoms with Crippen molar-refractivity contribution < 1.29 is 4.74 Å². The predicted octanol–water partition coefficient (Wildman–Crippen LogP) is 4.03. The van der Waals surface area contributed by atoms with Crippen LogP contribution in [0.1, 0.15) is 53.0 Å². The highest BCUT2D eigenvalue weighted by atomic mass is 127. The van der Waals surface area contributed by atoms with Gasteiger partial charge < -0.3 is 15.4 Å². The highest BCUT2D eigenvalue weighted by molar-refractivity contribution is 14.0. The Hall–Kier alpha value is -0.860. The molecule has 1 fully saturated rings. The lowest BCUT2D eigenvalue weighted by atomic mass is 9.74. The van der Waals surface area contributed by atoms with Crippen LogP contribution in [0.4, 0.5) is 0 Å². The molecule has 0 radical (unpaired) electrons. The average molecular weight is 517 g/mol. The SMILES string of the molecule is CCNC(=NCC1(c2ccccc2)CCOCC1)NCCN(C(C)C)C(C)C.I. The molecule has 1 aromatic rings. The van der Waals surface area contributed by atoms with Crippen LogP contribution in [0.3, 0.4) is 0 Å². The lowest BCUT2D eigenvalue weighted by Gasteiger charge is -2.36. The van der Waals surface area contributed by atoms with E-state index in [1.807, 2.05) is 0 Å². The maximum Gasteiger partial charge on any atom is 0.191 e. The number of hydrogen-bond acceptors (Lipinski definition) is 3. The Morgan fingerprint density at radius 3 is 2.24 bits per heavy atom. The highest BCUT2D eigenvalue weighted by Crippen LogP contribution is 2.35. The quantitative estimate of drug-likeness (QED) is 0.296. The maximum atomic E-state index is 5.65. The molecule has 2 rings (SSSR count). The number of hydrogen-bond donors (Lipinski definition) is 2. The summed E-state index contributed by atoms with van der Waals surface area (Å²) in [4.78, 5) is 7.49. The summed E-state index contributed by atoms with van der Waals surface area (Å²) in [6, 6.07) is 11.9. The molecule has 0 spiro atoms. The molecule has 6 heteroatoms. The Balaban J connectivity index is 0.00000420. The van der Waals surface area contributed by atoms with Gasteiger partial charge in [0.1, 0.15) is 0 Å². The molecule has 1 aromatic carbocycles. The largest absolute Gasteiger partial charge is 0.381 e. The van der Waals surface area contributed by atoms with E-state index in [0.29, 0.717) is 12.1 Å². The van der Waals surface area contributed by atoms with Gasteiger partial charge in [0.2, 0.25) is 0 Å². The summed E-state index contributed by atoms with van der Waals surface area (Å²) in [5.74, 6) is 0.914. The van der Waals surface area contributed by atoms with Crippen LogP contribution in [0, 0.1) is 0 Å². The predicted molar refractivity (Wildman–Crippen MR) is 135 cm³/mol. The fourth-order valence-corrected chi connectivity index (χ4v) is 4.08. The van der Waals surface area contributed by atoms with Crippen LogP contribution < -0.4 is 10.6 Å². The molecule has 0 atom stereocenters. The van der Waals surface area contributed by atoms with E-state index >= 15 is 0 Å². The molecule has 0 aromatic heterocycles. The number of halogens is 1. The van der Waals surface area contributed by atoms with Crippen molar-refractivity contribution in [3.8, 4) is 0 Å². The number of nitrogens with zero attached hydrogens (tertiary/aromatic N) is 2. The van der Waals surface area contributed by atoms with Crippen molar-refractivity contribution in [1.82, 2.24) is 15.5 Å². The number of aliphatic imine (C=N–C) groups is 1. The fourth-order valence-electron chi connectivity index (χ4n) is 4.08. The third-order valence-electron chi connectivity index (χ3n) is 5.71. The van der Waals surface area contributed by atoms with Crippen molar-refractivity contribution in [1.29, 1.82) is 0 Å². The standard InChI is InChI=1S/C23H40N4O.HI/c1-6-24-22(25-14-15-27(19(2)3)20(4)5)26-18-23(12-16-28-17-13-23)21-10-8-7-9-11-21;/h7-11,19-20H,6,12-18H2,1-5H3,(H2,24,25,26);1H. The highest BCUT2D eigenvalue weighted by Gasteiger charge is 2.34. The molecule has 5 nitrogen and oxygen atoms in total. The minimum Gasteiger partial charge on any atom is -0.381 e. The Bertz CT molecular complexity index is 578. The van der Waals surface area contributed by atoms with Gasteiger partial charge in [-0.25, -0.2) is 0 Å². The Morgan fingerprint density at radius 2 is 1.69 bits per heavy atom. The smallest absolute Gasteiger partial charge is 0.191 e. The normalized spacial score (nSPS) is 16.8. The second-order valence-electron chi connectivity index (χ2n) is 8.31. The molecule has 2 N–H and O–H groups in total. The van der Waals surface area contributed by atoms with Gasteiger partial charge in [-0.2, -0.15) is 0 Å². The van der Waals surface area contributed by atoms with E-state index in [1.165, 1.54) is 5.56 Å². The summed E-state index contributed by atoms with van der Waals surface area (Å²) in [5.41, 5.74) is 1.45. The van der Waals surface area contributed by atoms with E-state index in [0.717, 1.165) is 58.2 Å². The lowest BCUT2D eigenvalue weighted by molar-refractivity contribution is 0.0531. The van der Waals surface area contributed by atoms with Gasteiger partial charge in [0.15, 0.2) is 5.96 Å². The molecule has 0 aliphatic carbocycles. The minimum absolute atomic E-state index is 0. The Morgan fingerprint density at radius 1 is 1.07 bits per heavy atom. The van der Waals surface area contributed by atoms with Crippen molar-refractivity contribution >= 4 is 29.9 Å². The van der Waals surface area contributed by atoms with Gasteiger partial charge in [-0.3, -0.25) is 9.89 Å². The van der Waals surface area contributed by atoms with Crippen molar-refractivity contribution in [2.45, 2.75) is 65.0 Å². The molecule has 0 unspecified atom stereocenters. The van der Waals surface area contributed by atoms with Crippen molar-refractivity contribution in [2.75, 3.05) is 39.4 Å². The summed E-state index contributed by atoms with van der Waals surface area (Å²) >= 11 is 0. The van der Waals surface area contributed by atoms with Crippen molar-refractivity contribution in [3.05, 3.63) is 35.9 Å². The first-order valence-electron chi connectivity index (χ1n) is 10.9. The van der Waals surface area contributed by atoms with Crippen LogP contribution in [0.15, 0.2) is 35.3 Å². The monoisotopic (exact) mass is 516 g/mol. The third-order valence-corrected chi connectivity index (χ3v) is 5.71. The number of nitrogens with one attached hydrogen (secondary N) is 2. The van der Waals surface area contributed by atoms with Gasteiger partial charge in [0.25, 0.3) is 0 Å². The average Bonchev–Trinajstić information content (AvgIpc) is 2.70. The van der Waals surface area contributed by atoms with E-state index in [2.05, 4.69) is 80.5 Å². The zero-order valence-corrected chi connectivity index (χ0v) is 21.2. The van der Waals surface area contributed by atoms with Gasteiger partial charge in [-0.1, -0.05) is 30.3 Å². The number of ether oxygens (including phenoxy) is 1. The summed E-state index contributed by atoms with van der Waals surface area (Å²) in [6.45, 7) is 16.3. The molecule has 29 heavy (non-hydrogen) atoms. The number of benzene rings is 1. The van der Waals surface area contributed by atoms with Gasteiger partial charge in [-0.05, 0) is 53.0 Å². The summed E-state index contributed by atoms with van der Waals surface area (Å²) in [5, 5.41) is 6.95. The molecule has 1 aliphatic rings. The van der Waals surface area contributed by atoms with E-state index in [4.69, 9.17) is 9.73 Å². The second-order valence-corrected chi connectivity index (χ2v) is 8.31. The molecule has 1 heterocycles. The van der Waals surface area contributed by atoms with Crippen molar-refractivity contribution in [2.24, 2.45) is 4.99 Å².